The molecule has 0 heterocycles. The van der Waals surface area contributed by atoms with Crippen LogP contribution in [0.4, 0.5) is 0 Å². The van der Waals surface area contributed by atoms with Crippen LogP contribution in [-0.4, -0.2) is 23.6 Å². The highest BCUT2D eigenvalue weighted by Gasteiger charge is 2.66. The Morgan fingerprint density at radius 2 is 1.44 bits per heavy atom. The van der Waals surface area contributed by atoms with E-state index in [1.165, 1.54) is 57.8 Å². The summed E-state index contributed by atoms with van der Waals surface area (Å²) in [5.41, 5.74) is 8.28. The van der Waals surface area contributed by atoms with Crippen LogP contribution in [0.15, 0.2) is 30.3 Å². The van der Waals surface area contributed by atoms with Gasteiger partial charge in [-0.05, 0) is 122 Å². The van der Waals surface area contributed by atoms with Crippen LogP contribution in [0, 0.1) is 63.1 Å². The standard InChI is InChI=1S/C40H59NO4/c1-36(2)29(34(42)44-24-25-11-8-7-9-12-25)23-30(36)35(43)45-33-18-21-39(6)31(37(33,3)4)17-20-38(5)27-16-22-40(41)19-10-13-28(40)26(27)14-15-32(38)39/h7-9,11-12,26-33H,10,13-24,41H2,1-6H3. The molecule has 1 aromatic carbocycles. The van der Waals surface area contributed by atoms with Crippen molar-refractivity contribution >= 4 is 11.9 Å². The van der Waals surface area contributed by atoms with E-state index in [0.717, 1.165) is 42.1 Å². The van der Waals surface area contributed by atoms with Gasteiger partial charge in [0.2, 0.25) is 0 Å². The highest BCUT2D eigenvalue weighted by Crippen LogP contribution is 2.72. The topological polar surface area (TPSA) is 78.6 Å². The van der Waals surface area contributed by atoms with Crippen LogP contribution >= 0.6 is 0 Å². The molecule has 11 unspecified atom stereocenters. The summed E-state index contributed by atoms with van der Waals surface area (Å²) in [4.78, 5) is 26.7. The number of esters is 2. The summed E-state index contributed by atoms with van der Waals surface area (Å²) >= 11 is 0. The summed E-state index contributed by atoms with van der Waals surface area (Å²) in [7, 11) is 0. The van der Waals surface area contributed by atoms with E-state index in [9.17, 15) is 9.59 Å². The normalized spacial score (nSPS) is 45.9. The predicted molar refractivity (Wildman–Crippen MR) is 177 cm³/mol. The molecule has 7 rings (SSSR count). The molecular weight excluding hydrogens is 558 g/mol. The molecule has 0 spiro atoms. The van der Waals surface area contributed by atoms with E-state index in [4.69, 9.17) is 15.2 Å². The van der Waals surface area contributed by atoms with Gasteiger partial charge in [0.15, 0.2) is 0 Å². The average Bonchev–Trinajstić information content (AvgIpc) is 3.39. The number of carbonyl (C=O) groups excluding carboxylic acids is 2. The number of hydrogen-bond acceptors (Lipinski definition) is 5. The van der Waals surface area contributed by atoms with Gasteiger partial charge in [0, 0.05) is 11.0 Å². The lowest BCUT2D eigenvalue weighted by molar-refractivity contribution is -0.224. The fourth-order valence-corrected chi connectivity index (χ4v) is 13.2. The lowest BCUT2D eigenvalue weighted by atomic mass is 9.36. The molecule has 0 saturated heterocycles. The van der Waals surface area contributed by atoms with Crippen molar-refractivity contribution in [2.45, 2.75) is 137 Å². The first kappa shape index (κ1) is 31.7. The van der Waals surface area contributed by atoms with Crippen molar-refractivity contribution in [3.8, 4) is 0 Å². The molecule has 1 aromatic rings. The van der Waals surface area contributed by atoms with Gasteiger partial charge >= 0.3 is 11.9 Å². The first-order valence-corrected chi connectivity index (χ1v) is 18.4. The molecule has 248 valence electrons. The SMILES string of the molecule is CC1(C)C(C(=O)OCc2ccccc2)CC1C(=O)OC1CCC2(C)C(CCC3(C)C4CCC5(N)CCCC5C4CCC32)C1(C)C. The monoisotopic (exact) mass is 617 g/mol. The number of nitrogens with two attached hydrogens (primary N) is 1. The first-order chi connectivity index (χ1) is 21.2. The van der Waals surface area contributed by atoms with Gasteiger partial charge in [-0.1, -0.05) is 78.3 Å². The summed E-state index contributed by atoms with van der Waals surface area (Å²) in [5.74, 6) is 2.81. The van der Waals surface area contributed by atoms with Crippen molar-refractivity contribution in [1.29, 1.82) is 0 Å². The first-order valence-electron chi connectivity index (χ1n) is 18.4. The van der Waals surface area contributed by atoms with Crippen molar-refractivity contribution in [3.05, 3.63) is 35.9 Å². The van der Waals surface area contributed by atoms with Crippen LogP contribution in [0.3, 0.4) is 0 Å². The van der Waals surface area contributed by atoms with Gasteiger partial charge in [-0.15, -0.1) is 0 Å². The van der Waals surface area contributed by atoms with Gasteiger partial charge in [-0.2, -0.15) is 0 Å². The zero-order chi connectivity index (χ0) is 32.0. The number of ether oxygens (including phenoxy) is 2. The third-order valence-electron chi connectivity index (χ3n) is 15.8. The zero-order valence-corrected chi connectivity index (χ0v) is 28.9. The Balaban J connectivity index is 1.00. The van der Waals surface area contributed by atoms with E-state index in [1.54, 1.807) is 0 Å². The average molecular weight is 618 g/mol. The maximum absolute atomic E-state index is 13.8. The van der Waals surface area contributed by atoms with Crippen molar-refractivity contribution in [2.75, 3.05) is 0 Å². The number of benzene rings is 1. The summed E-state index contributed by atoms with van der Waals surface area (Å²) in [6, 6.07) is 9.78. The smallest absolute Gasteiger partial charge is 0.309 e. The van der Waals surface area contributed by atoms with Crippen LogP contribution in [-0.2, 0) is 25.7 Å². The molecule has 5 nitrogen and oxygen atoms in total. The van der Waals surface area contributed by atoms with E-state index < -0.39 is 5.41 Å². The molecule has 6 aliphatic carbocycles. The predicted octanol–water partition coefficient (Wildman–Crippen LogP) is 8.48. The molecular formula is C40H59NO4. The van der Waals surface area contributed by atoms with Gasteiger partial charge in [-0.3, -0.25) is 9.59 Å². The van der Waals surface area contributed by atoms with E-state index in [2.05, 4.69) is 27.7 Å². The van der Waals surface area contributed by atoms with Crippen molar-refractivity contribution in [2.24, 2.45) is 68.8 Å². The number of rotatable bonds is 5. The van der Waals surface area contributed by atoms with E-state index in [0.29, 0.717) is 17.8 Å². The third-order valence-corrected chi connectivity index (χ3v) is 15.8. The molecule has 45 heavy (non-hydrogen) atoms. The quantitative estimate of drug-likeness (QED) is 0.335. The zero-order valence-electron chi connectivity index (χ0n) is 28.9. The summed E-state index contributed by atoms with van der Waals surface area (Å²) in [6.45, 7) is 14.4. The summed E-state index contributed by atoms with van der Waals surface area (Å²) in [6.07, 6.45) is 14.2. The largest absolute Gasteiger partial charge is 0.462 e. The van der Waals surface area contributed by atoms with Crippen LogP contribution < -0.4 is 5.73 Å². The Morgan fingerprint density at radius 3 is 2.18 bits per heavy atom. The second-order valence-corrected chi connectivity index (χ2v) is 18.3. The van der Waals surface area contributed by atoms with Crippen LogP contribution in [0.5, 0.6) is 0 Å². The second-order valence-electron chi connectivity index (χ2n) is 18.3. The Labute approximate surface area is 272 Å². The Hall–Kier alpha value is -1.88. The highest BCUT2D eigenvalue weighted by atomic mass is 16.5. The number of carbonyl (C=O) groups is 2. The van der Waals surface area contributed by atoms with Crippen molar-refractivity contribution in [3.63, 3.8) is 0 Å². The molecule has 0 amide bonds. The lowest BCUT2D eigenvalue weighted by Crippen LogP contribution is -2.64. The van der Waals surface area contributed by atoms with Gasteiger partial charge in [-0.25, -0.2) is 0 Å². The maximum atomic E-state index is 13.8. The Morgan fingerprint density at radius 1 is 0.733 bits per heavy atom. The fourth-order valence-electron chi connectivity index (χ4n) is 13.2. The van der Waals surface area contributed by atoms with Crippen LogP contribution in [0.2, 0.25) is 0 Å². The maximum Gasteiger partial charge on any atom is 0.309 e. The van der Waals surface area contributed by atoms with Crippen LogP contribution in [0.25, 0.3) is 0 Å². The highest BCUT2D eigenvalue weighted by molar-refractivity contribution is 5.82. The van der Waals surface area contributed by atoms with Gasteiger partial charge in [0.25, 0.3) is 0 Å². The van der Waals surface area contributed by atoms with E-state index >= 15 is 0 Å². The van der Waals surface area contributed by atoms with Crippen molar-refractivity contribution in [1.82, 2.24) is 0 Å². The van der Waals surface area contributed by atoms with Gasteiger partial charge in [0.05, 0.1) is 11.8 Å². The molecule has 0 bridgehead atoms. The summed E-state index contributed by atoms with van der Waals surface area (Å²) < 4.78 is 12.2. The van der Waals surface area contributed by atoms with E-state index in [1.807, 2.05) is 44.2 Å². The fraction of sp³-hybridized carbons (Fsp3) is 0.800. The van der Waals surface area contributed by atoms with Gasteiger partial charge in [0.1, 0.15) is 12.7 Å². The second kappa shape index (κ2) is 10.8. The van der Waals surface area contributed by atoms with Gasteiger partial charge < -0.3 is 15.2 Å². The lowest BCUT2D eigenvalue weighted by Gasteiger charge is -2.69. The molecule has 0 aromatic heterocycles. The third kappa shape index (κ3) is 4.78. The summed E-state index contributed by atoms with van der Waals surface area (Å²) in [5, 5.41) is 0. The molecule has 6 saturated carbocycles. The molecule has 6 fully saturated rings. The minimum atomic E-state index is -0.468. The molecule has 0 radical (unpaired) electrons. The molecule has 11 atom stereocenters. The number of fused-ring (bicyclic) bond motifs is 7. The molecule has 6 aliphatic rings. The molecule has 5 heteroatoms. The van der Waals surface area contributed by atoms with Crippen LogP contribution in [0.1, 0.15) is 124 Å². The minimum Gasteiger partial charge on any atom is -0.462 e. The van der Waals surface area contributed by atoms with Crippen molar-refractivity contribution < 1.29 is 19.1 Å². The number of hydrogen-bond donors (Lipinski definition) is 1. The molecule has 2 N–H and O–H groups in total. The minimum absolute atomic E-state index is 0.0744. The molecule has 0 aliphatic heterocycles. The van der Waals surface area contributed by atoms with E-state index in [-0.39, 0.29) is 52.9 Å². The Kier molecular flexibility index (Phi) is 7.63. The Bertz CT molecular complexity index is 1310.